The fourth-order valence-corrected chi connectivity index (χ4v) is 4.30. The molecule has 0 fully saturated rings. The molecule has 166 valence electrons. The summed E-state index contributed by atoms with van der Waals surface area (Å²) in [7, 11) is 4.00. The number of hydrogen-bond donors (Lipinski definition) is 0. The summed E-state index contributed by atoms with van der Waals surface area (Å²) < 4.78 is 7.81. The summed E-state index contributed by atoms with van der Waals surface area (Å²) in [6.45, 7) is 2.93. The van der Waals surface area contributed by atoms with Crippen LogP contribution in [-0.2, 0) is 0 Å². The summed E-state index contributed by atoms with van der Waals surface area (Å²) >= 11 is 1.35. The molecule has 0 radical (unpaired) electrons. The Kier molecular flexibility index (Phi) is 6.85. The fraction of sp³-hybridized carbons (Fsp3) is 0.320. The number of nitrogens with zero attached hydrogens (tertiary/aromatic N) is 4. The lowest BCUT2D eigenvalue weighted by Crippen LogP contribution is -2.23. The van der Waals surface area contributed by atoms with Crippen molar-refractivity contribution < 1.29 is 4.74 Å². The van der Waals surface area contributed by atoms with Gasteiger partial charge in [-0.15, -0.1) is 5.10 Å². The van der Waals surface area contributed by atoms with Crippen LogP contribution in [0.25, 0.3) is 22.4 Å². The highest BCUT2D eigenvalue weighted by atomic mass is 32.1. The Morgan fingerprint density at radius 2 is 1.78 bits per heavy atom. The van der Waals surface area contributed by atoms with Crippen LogP contribution in [0.15, 0.2) is 53.3 Å². The van der Waals surface area contributed by atoms with Gasteiger partial charge in [0, 0.05) is 25.3 Å². The molecule has 4 rings (SSSR count). The number of thiazole rings is 1. The molecule has 4 aromatic rings. The maximum absolute atomic E-state index is 12.8. The molecule has 0 aliphatic heterocycles. The highest BCUT2D eigenvalue weighted by molar-refractivity contribution is 7.15. The Labute approximate surface area is 191 Å². The van der Waals surface area contributed by atoms with Crippen molar-refractivity contribution in [2.24, 2.45) is 0 Å². The molecule has 2 aromatic carbocycles. The Morgan fingerprint density at radius 3 is 2.44 bits per heavy atom. The van der Waals surface area contributed by atoms with Gasteiger partial charge in [0.2, 0.25) is 4.96 Å². The van der Waals surface area contributed by atoms with E-state index in [1.165, 1.54) is 35.1 Å². The van der Waals surface area contributed by atoms with E-state index in [1.807, 2.05) is 73.6 Å². The number of benzene rings is 2. The molecule has 0 saturated carbocycles. The molecule has 0 spiro atoms. The van der Waals surface area contributed by atoms with E-state index >= 15 is 0 Å². The standard InChI is InChI=1S/C25H28N4O2S/c1-4-5-6-7-16-31-21-14-10-19(11-15-21)23-26-25-29(27-23)24(30)22(32-25)17-18-8-12-20(13-9-18)28(2)3/h8-15,17H,4-7,16H2,1-3H3/b22-17-. The third-order valence-electron chi connectivity index (χ3n) is 5.27. The van der Waals surface area contributed by atoms with E-state index in [4.69, 9.17) is 4.74 Å². The molecule has 0 N–H and O–H groups in total. The molecule has 0 aliphatic rings. The van der Waals surface area contributed by atoms with E-state index in [0.29, 0.717) is 15.3 Å². The Hall–Kier alpha value is -3.19. The topological polar surface area (TPSA) is 59.7 Å². The zero-order valence-corrected chi connectivity index (χ0v) is 19.6. The van der Waals surface area contributed by atoms with Gasteiger partial charge in [0.25, 0.3) is 5.56 Å². The van der Waals surface area contributed by atoms with E-state index in [0.717, 1.165) is 35.6 Å². The normalized spacial score (nSPS) is 11.9. The van der Waals surface area contributed by atoms with Crippen molar-refractivity contribution in [2.45, 2.75) is 32.6 Å². The smallest absolute Gasteiger partial charge is 0.291 e. The molecule has 0 unspecified atom stereocenters. The third kappa shape index (κ3) is 4.99. The minimum absolute atomic E-state index is 0.146. The van der Waals surface area contributed by atoms with Gasteiger partial charge in [-0.2, -0.15) is 9.50 Å². The summed E-state index contributed by atoms with van der Waals surface area (Å²) in [4.78, 5) is 20.0. The van der Waals surface area contributed by atoms with Gasteiger partial charge in [-0.25, -0.2) is 0 Å². The number of unbranched alkanes of at least 4 members (excludes halogenated alkanes) is 3. The third-order valence-corrected chi connectivity index (χ3v) is 6.23. The summed E-state index contributed by atoms with van der Waals surface area (Å²) in [6, 6.07) is 15.8. The second-order valence-corrected chi connectivity index (χ2v) is 8.97. The Morgan fingerprint density at radius 1 is 1.03 bits per heavy atom. The highest BCUT2D eigenvalue weighted by Crippen LogP contribution is 2.21. The van der Waals surface area contributed by atoms with Crippen molar-refractivity contribution in [3.8, 4) is 17.1 Å². The van der Waals surface area contributed by atoms with E-state index in [2.05, 4.69) is 17.0 Å². The predicted octanol–water partition coefficient (Wildman–Crippen LogP) is 4.39. The first kappa shape index (κ1) is 22.0. The first-order valence-electron chi connectivity index (χ1n) is 11.0. The average molecular weight is 449 g/mol. The van der Waals surface area contributed by atoms with Crippen molar-refractivity contribution >= 4 is 28.1 Å². The van der Waals surface area contributed by atoms with Crippen molar-refractivity contribution in [3.05, 3.63) is 69.0 Å². The Bertz CT molecular complexity index is 1270. The van der Waals surface area contributed by atoms with Gasteiger partial charge in [0.1, 0.15) is 5.75 Å². The lowest BCUT2D eigenvalue weighted by molar-refractivity contribution is 0.305. The number of anilines is 1. The molecule has 0 aliphatic carbocycles. The van der Waals surface area contributed by atoms with Gasteiger partial charge in [0.05, 0.1) is 11.1 Å². The van der Waals surface area contributed by atoms with E-state index < -0.39 is 0 Å². The number of aromatic nitrogens is 3. The Balaban J connectivity index is 1.49. The molecule has 2 aromatic heterocycles. The molecule has 7 heteroatoms. The van der Waals surface area contributed by atoms with Crippen LogP contribution in [0.4, 0.5) is 5.69 Å². The summed E-state index contributed by atoms with van der Waals surface area (Å²) in [5, 5.41) is 4.44. The van der Waals surface area contributed by atoms with Crippen LogP contribution in [0.5, 0.6) is 5.75 Å². The SMILES string of the molecule is CCCCCCOc1ccc(-c2nc3s/c(=C\c4ccc(N(C)C)cc4)c(=O)n3n2)cc1. The van der Waals surface area contributed by atoms with E-state index in [9.17, 15) is 4.79 Å². The number of hydrogen-bond acceptors (Lipinski definition) is 6. The molecule has 6 nitrogen and oxygen atoms in total. The molecule has 32 heavy (non-hydrogen) atoms. The van der Waals surface area contributed by atoms with Gasteiger partial charge in [0.15, 0.2) is 5.82 Å². The number of ether oxygens (including phenoxy) is 1. The number of fused-ring (bicyclic) bond motifs is 1. The molecular formula is C25H28N4O2S. The molecule has 2 heterocycles. The maximum Gasteiger partial charge on any atom is 0.291 e. The summed E-state index contributed by atoms with van der Waals surface area (Å²) in [5.74, 6) is 1.39. The van der Waals surface area contributed by atoms with Crippen LogP contribution in [0.1, 0.15) is 38.2 Å². The lowest BCUT2D eigenvalue weighted by atomic mass is 10.2. The maximum atomic E-state index is 12.8. The fourth-order valence-electron chi connectivity index (χ4n) is 3.40. The minimum atomic E-state index is -0.146. The van der Waals surface area contributed by atoms with Gasteiger partial charge in [-0.1, -0.05) is 49.7 Å². The zero-order valence-electron chi connectivity index (χ0n) is 18.7. The zero-order chi connectivity index (χ0) is 22.5. The van der Waals surface area contributed by atoms with Gasteiger partial charge in [-0.05, 0) is 54.5 Å². The molecule has 0 saturated heterocycles. The average Bonchev–Trinajstić information content (AvgIpc) is 3.34. The van der Waals surface area contributed by atoms with Crippen molar-refractivity contribution in [1.29, 1.82) is 0 Å². The molecular weight excluding hydrogens is 420 g/mol. The second kappa shape index (κ2) is 9.96. The monoisotopic (exact) mass is 448 g/mol. The van der Waals surface area contributed by atoms with Crippen molar-refractivity contribution in [3.63, 3.8) is 0 Å². The van der Waals surface area contributed by atoms with Crippen LogP contribution in [0.3, 0.4) is 0 Å². The first-order valence-corrected chi connectivity index (χ1v) is 11.8. The van der Waals surface area contributed by atoms with Gasteiger partial charge < -0.3 is 9.64 Å². The minimum Gasteiger partial charge on any atom is -0.494 e. The summed E-state index contributed by atoms with van der Waals surface area (Å²) in [6.07, 6.45) is 6.62. The largest absolute Gasteiger partial charge is 0.494 e. The van der Waals surface area contributed by atoms with Gasteiger partial charge in [-0.3, -0.25) is 4.79 Å². The first-order chi connectivity index (χ1) is 15.5. The highest BCUT2D eigenvalue weighted by Gasteiger charge is 2.12. The molecule has 0 atom stereocenters. The quantitative estimate of drug-likeness (QED) is 0.356. The van der Waals surface area contributed by atoms with Crippen molar-refractivity contribution in [1.82, 2.24) is 14.6 Å². The molecule has 0 bridgehead atoms. The second-order valence-electron chi connectivity index (χ2n) is 7.97. The predicted molar refractivity (Wildman–Crippen MR) is 132 cm³/mol. The van der Waals surface area contributed by atoms with Crippen LogP contribution >= 0.6 is 11.3 Å². The van der Waals surface area contributed by atoms with Crippen LogP contribution in [0.2, 0.25) is 0 Å². The molecule has 0 amide bonds. The van der Waals surface area contributed by atoms with E-state index in [1.54, 1.807) is 0 Å². The lowest BCUT2D eigenvalue weighted by Gasteiger charge is -2.11. The van der Waals surface area contributed by atoms with Gasteiger partial charge >= 0.3 is 0 Å². The van der Waals surface area contributed by atoms with Crippen LogP contribution in [0, 0.1) is 0 Å². The van der Waals surface area contributed by atoms with Crippen molar-refractivity contribution in [2.75, 3.05) is 25.6 Å². The van der Waals surface area contributed by atoms with E-state index in [-0.39, 0.29) is 5.56 Å². The van der Waals surface area contributed by atoms with Crippen LogP contribution < -0.4 is 19.7 Å². The summed E-state index contributed by atoms with van der Waals surface area (Å²) in [5.41, 5.74) is 2.81. The number of rotatable bonds is 9. The van der Waals surface area contributed by atoms with Crippen LogP contribution in [-0.4, -0.2) is 35.3 Å².